The van der Waals surface area contributed by atoms with E-state index < -0.39 is 17.3 Å². The Bertz CT molecular complexity index is 508. The van der Waals surface area contributed by atoms with Gasteiger partial charge in [0.2, 0.25) is 5.91 Å². The molecule has 0 aliphatic carbocycles. The van der Waals surface area contributed by atoms with Crippen LogP contribution in [0.3, 0.4) is 0 Å². The van der Waals surface area contributed by atoms with Crippen LogP contribution in [-0.2, 0) is 11.0 Å². The molecule has 1 saturated heterocycles. The van der Waals surface area contributed by atoms with Crippen LogP contribution in [0.25, 0.3) is 0 Å². The second-order valence-corrected chi connectivity index (χ2v) is 6.48. The van der Waals surface area contributed by atoms with Gasteiger partial charge in [-0.3, -0.25) is 4.79 Å². The van der Waals surface area contributed by atoms with Gasteiger partial charge in [-0.05, 0) is 12.8 Å². The van der Waals surface area contributed by atoms with Crippen LogP contribution in [0.4, 0.5) is 13.2 Å². The highest BCUT2D eigenvalue weighted by molar-refractivity contribution is 5.81. The molecule has 0 aromatic carbocycles. The molecule has 1 aliphatic rings. The topological polar surface area (TPSA) is 38.1 Å². The van der Waals surface area contributed by atoms with Crippen molar-refractivity contribution in [3.8, 4) is 0 Å². The molecule has 1 aromatic rings. The number of amides is 1. The second kappa shape index (κ2) is 5.35. The van der Waals surface area contributed by atoms with E-state index in [-0.39, 0.29) is 11.9 Å². The lowest BCUT2D eigenvalue weighted by Crippen LogP contribution is -2.44. The van der Waals surface area contributed by atoms with Gasteiger partial charge in [0.15, 0.2) is 5.69 Å². The molecular weight excluding hydrogens is 283 g/mol. The van der Waals surface area contributed by atoms with Crippen molar-refractivity contribution in [3.05, 3.63) is 18.2 Å². The van der Waals surface area contributed by atoms with E-state index in [1.54, 1.807) is 4.90 Å². The fraction of sp³-hybridized carbons (Fsp3) is 0.714. The number of hydrogen-bond donors (Lipinski definition) is 0. The van der Waals surface area contributed by atoms with E-state index in [4.69, 9.17) is 0 Å². The number of hydrogen-bond acceptors (Lipinski definition) is 2. The molecule has 2 rings (SSSR count). The van der Waals surface area contributed by atoms with Gasteiger partial charge >= 0.3 is 6.18 Å². The molecule has 0 saturated carbocycles. The first-order valence-corrected chi connectivity index (χ1v) is 6.99. The van der Waals surface area contributed by atoms with Gasteiger partial charge in [0, 0.05) is 30.7 Å². The third kappa shape index (κ3) is 3.57. The first-order valence-electron chi connectivity index (χ1n) is 6.99. The molecule has 0 bridgehead atoms. The average Bonchev–Trinajstić information content (AvgIpc) is 2.86. The Balaban J connectivity index is 1.98. The van der Waals surface area contributed by atoms with E-state index in [1.807, 2.05) is 20.8 Å². The van der Waals surface area contributed by atoms with Gasteiger partial charge in [0.05, 0.1) is 6.33 Å². The van der Waals surface area contributed by atoms with Crippen LogP contribution >= 0.6 is 0 Å². The van der Waals surface area contributed by atoms with Crippen LogP contribution in [0.2, 0.25) is 0 Å². The van der Waals surface area contributed by atoms with Crippen molar-refractivity contribution >= 4 is 5.91 Å². The number of alkyl halides is 3. The number of carbonyl (C=O) groups excluding carboxylic acids is 1. The first kappa shape index (κ1) is 15.9. The van der Waals surface area contributed by atoms with Gasteiger partial charge < -0.3 is 9.47 Å². The highest BCUT2D eigenvalue weighted by Gasteiger charge is 2.35. The van der Waals surface area contributed by atoms with Crippen molar-refractivity contribution < 1.29 is 18.0 Å². The predicted octanol–water partition coefficient (Wildman–Crippen LogP) is 3.11. The fourth-order valence-corrected chi connectivity index (χ4v) is 2.52. The molecule has 4 nitrogen and oxygen atoms in total. The summed E-state index contributed by atoms with van der Waals surface area (Å²) < 4.78 is 39.1. The molecule has 2 heterocycles. The van der Waals surface area contributed by atoms with Gasteiger partial charge in [-0.15, -0.1) is 0 Å². The van der Waals surface area contributed by atoms with E-state index in [2.05, 4.69) is 4.98 Å². The van der Waals surface area contributed by atoms with Gasteiger partial charge in [-0.1, -0.05) is 20.8 Å². The van der Waals surface area contributed by atoms with E-state index in [9.17, 15) is 18.0 Å². The SMILES string of the molecule is CC(C)(C)C(=O)N1CCC(n2cnc(C(F)(F)F)c2)CC1. The standard InChI is InChI=1S/C14H20F3N3O/c1-13(2,3)12(21)19-6-4-10(5-7-19)20-8-11(18-9-20)14(15,16)17/h8-10H,4-7H2,1-3H3. The minimum atomic E-state index is -4.41. The number of nitrogens with zero attached hydrogens (tertiary/aromatic N) is 3. The van der Waals surface area contributed by atoms with Crippen LogP contribution in [0, 0.1) is 5.41 Å². The predicted molar refractivity (Wildman–Crippen MR) is 71.5 cm³/mol. The molecule has 0 spiro atoms. The molecule has 1 amide bonds. The van der Waals surface area contributed by atoms with Gasteiger partial charge in [0.25, 0.3) is 0 Å². The molecule has 118 valence electrons. The van der Waals surface area contributed by atoms with Crippen LogP contribution in [0.1, 0.15) is 45.3 Å². The fourth-order valence-electron chi connectivity index (χ4n) is 2.52. The molecule has 7 heteroatoms. The molecule has 0 N–H and O–H groups in total. The Morgan fingerprint density at radius 1 is 1.24 bits per heavy atom. The summed E-state index contributed by atoms with van der Waals surface area (Å²) in [5.74, 6) is 0.0857. The monoisotopic (exact) mass is 303 g/mol. The average molecular weight is 303 g/mol. The Morgan fingerprint density at radius 3 is 2.24 bits per heavy atom. The molecule has 1 aliphatic heterocycles. The van der Waals surface area contributed by atoms with Crippen molar-refractivity contribution in [2.75, 3.05) is 13.1 Å². The molecule has 0 unspecified atom stereocenters. The Hall–Kier alpha value is -1.53. The van der Waals surface area contributed by atoms with Crippen LogP contribution in [0.15, 0.2) is 12.5 Å². The first-order chi connectivity index (χ1) is 9.59. The van der Waals surface area contributed by atoms with Crippen LogP contribution in [0.5, 0.6) is 0 Å². The van der Waals surface area contributed by atoms with Crippen molar-refractivity contribution in [1.29, 1.82) is 0 Å². The zero-order valence-electron chi connectivity index (χ0n) is 12.4. The van der Waals surface area contributed by atoms with E-state index >= 15 is 0 Å². The van der Waals surface area contributed by atoms with Crippen LogP contribution in [-0.4, -0.2) is 33.4 Å². The summed E-state index contributed by atoms with van der Waals surface area (Å²) in [6.07, 6.45) is -0.834. The third-order valence-electron chi connectivity index (χ3n) is 3.71. The lowest BCUT2D eigenvalue weighted by Gasteiger charge is -2.36. The maximum atomic E-state index is 12.5. The number of imidazole rings is 1. The quantitative estimate of drug-likeness (QED) is 0.799. The summed E-state index contributed by atoms with van der Waals surface area (Å²) in [6, 6.07) is -0.0300. The molecule has 1 fully saturated rings. The number of halogens is 3. The van der Waals surface area contributed by atoms with Crippen LogP contribution < -0.4 is 0 Å². The highest BCUT2D eigenvalue weighted by atomic mass is 19.4. The summed E-state index contributed by atoms with van der Waals surface area (Å²) in [6.45, 7) is 6.74. The smallest absolute Gasteiger partial charge is 0.342 e. The molecule has 0 atom stereocenters. The van der Waals surface area contributed by atoms with Gasteiger partial charge in [-0.25, -0.2) is 4.98 Å². The maximum absolute atomic E-state index is 12.5. The summed E-state index contributed by atoms with van der Waals surface area (Å²) in [4.78, 5) is 17.4. The third-order valence-corrected chi connectivity index (χ3v) is 3.71. The molecular formula is C14H20F3N3O. The summed E-state index contributed by atoms with van der Waals surface area (Å²) >= 11 is 0. The summed E-state index contributed by atoms with van der Waals surface area (Å²) in [5.41, 5.74) is -1.29. The van der Waals surface area contributed by atoms with E-state index in [0.29, 0.717) is 25.9 Å². The zero-order chi connectivity index (χ0) is 15.8. The minimum Gasteiger partial charge on any atom is -0.342 e. The zero-order valence-corrected chi connectivity index (χ0v) is 12.4. The Labute approximate surface area is 121 Å². The second-order valence-electron chi connectivity index (χ2n) is 6.48. The number of aromatic nitrogens is 2. The lowest BCUT2D eigenvalue weighted by molar-refractivity contribution is -0.141. The van der Waals surface area contributed by atoms with Crippen molar-refractivity contribution in [1.82, 2.24) is 14.5 Å². The number of piperidine rings is 1. The maximum Gasteiger partial charge on any atom is 0.434 e. The molecule has 0 radical (unpaired) electrons. The lowest BCUT2D eigenvalue weighted by atomic mass is 9.93. The van der Waals surface area contributed by atoms with Crippen molar-refractivity contribution in [3.63, 3.8) is 0 Å². The van der Waals surface area contributed by atoms with E-state index in [0.717, 1.165) is 6.20 Å². The Kier molecular flexibility index (Phi) is 4.04. The normalized spacial score (nSPS) is 18.1. The number of carbonyl (C=O) groups is 1. The number of likely N-dealkylation sites (tertiary alicyclic amines) is 1. The minimum absolute atomic E-state index is 0.0300. The summed E-state index contributed by atoms with van der Waals surface area (Å²) in [5, 5.41) is 0. The van der Waals surface area contributed by atoms with Crippen molar-refractivity contribution in [2.45, 2.75) is 45.8 Å². The molecule has 1 aromatic heterocycles. The van der Waals surface area contributed by atoms with Gasteiger partial charge in [-0.2, -0.15) is 13.2 Å². The van der Waals surface area contributed by atoms with E-state index in [1.165, 1.54) is 10.9 Å². The summed E-state index contributed by atoms with van der Waals surface area (Å²) in [7, 11) is 0. The molecule has 21 heavy (non-hydrogen) atoms. The number of rotatable bonds is 1. The van der Waals surface area contributed by atoms with Gasteiger partial charge in [0.1, 0.15) is 0 Å². The van der Waals surface area contributed by atoms with Crippen molar-refractivity contribution in [2.24, 2.45) is 5.41 Å². The largest absolute Gasteiger partial charge is 0.434 e. The Morgan fingerprint density at radius 2 is 1.81 bits per heavy atom. The highest BCUT2D eigenvalue weighted by Crippen LogP contribution is 2.30.